The Labute approximate surface area is 238 Å². The number of amides is 2. The van der Waals surface area contributed by atoms with Crippen molar-refractivity contribution < 1.29 is 19.5 Å². The van der Waals surface area contributed by atoms with E-state index in [0.717, 1.165) is 73.0 Å². The van der Waals surface area contributed by atoms with E-state index in [9.17, 15) is 19.5 Å². The van der Waals surface area contributed by atoms with Gasteiger partial charge in [0, 0.05) is 54.7 Å². The van der Waals surface area contributed by atoms with Crippen molar-refractivity contribution in [1.82, 2.24) is 14.9 Å². The number of carbonyl (C=O) groups excluding carboxylic acids is 2. The van der Waals surface area contributed by atoms with E-state index in [1.165, 1.54) is 11.3 Å². The number of carbonyl (C=O) groups is 3. The Morgan fingerprint density at radius 1 is 1.12 bits per heavy atom. The number of benzene rings is 1. The van der Waals surface area contributed by atoms with Crippen LogP contribution in [0.15, 0.2) is 41.9 Å². The van der Waals surface area contributed by atoms with Crippen molar-refractivity contribution in [3.05, 3.63) is 53.2 Å². The van der Waals surface area contributed by atoms with Crippen LogP contribution in [-0.4, -0.2) is 57.4 Å². The summed E-state index contributed by atoms with van der Waals surface area (Å²) in [5.74, 6) is -1.16. The van der Waals surface area contributed by atoms with Crippen molar-refractivity contribution in [1.29, 1.82) is 0 Å². The zero-order valence-corrected chi connectivity index (χ0v) is 23.5. The highest BCUT2D eigenvalue weighted by Crippen LogP contribution is 2.41. The highest BCUT2D eigenvalue weighted by molar-refractivity contribution is 7.14. The van der Waals surface area contributed by atoms with Crippen molar-refractivity contribution in [3.8, 4) is 22.4 Å². The summed E-state index contributed by atoms with van der Waals surface area (Å²) in [6.07, 6.45) is 9.33. The molecule has 3 aromatic rings. The number of aromatic nitrogens is 2. The van der Waals surface area contributed by atoms with Gasteiger partial charge in [0.1, 0.15) is 0 Å². The number of carboxylic acids is 1. The highest BCUT2D eigenvalue weighted by atomic mass is 32.1. The molecule has 6 rings (SSSR count). The standard InChI is InChI=1S/C31H34N4O4S/c1-34-13-12-26-25(30(34)39)15-21(17-32-26)23-8-4-5-9-24(23)27-18-40-31(33-27)35(22-10-11-22)29(38)20(16-28(36)37)14-19-6-2-3-7-19/h4-5,8-9,15,17-20,22H,2-3,6-7,10-14,16H2,1H3,(H,36,37)/t20-/m1/s1. The summed E-state index contributed by atoms with van der Waals surface area (Å²) >= 11 is 1.43. The summed E-state index contributed by atoms with van der Waals surface area (Å²) in [4.78, 5) is 51.4. The molecule has 0 saturated heterocycles. The topological polar surface area (TPSA) is 104 Å². The normalized spacial score (nSPS) is 18.0. The number of likely N-dealkylation sites (N-methyl/N-ethyl adjacent to an activating group) is 1. The number of fused-ring (bicyclic) bond motifs is 1. The molecule has 0 bridgehead atoms. The lowest BCUT2D eigenvalue weighted by Gasteiger charge is -2.26. The molecule has 40 heavy (non-hydrogen) atoms. The number of carboxylic acid groups (broad SMARTS) is 1. The SMILES string of the molecule is CN1CCc2ncc(-c3ccccc3-c3csc(N(C(=O)[C@@H](CC(=O)O)CC4CCCC4)C4CC4)n3)cc2C1=O. The van der Waals surface area contributed by atoms with Crippen LogP contribution in [0.2, 0.25) is 0 Å². The zero-order chi connectivity index (χ0) is 27.8. The Morgan fingerprint density at radius 2 is 1.88 bits per heavy atom. The van der Waals surface area contributed by atoms with Crippen molar-refractivity contribution in [2.24, 2.45) is 11.8 Å². The minimum Gasteiger partial charge on any atom is -0.481 e. The molecule has 9 heteroatoms. The number of hydrogen-bond acceptors (Lipinski definition) is 6. The van der Waals surface area contributed by atoms with Gasteiger partial charge in [0.25, 0.3) is 5.91 Å². The minimum absolute atomic E-state index is 0.0175. The smallest absolute Gasteiger partial charge is 0.304 e. The van der Waals surface area contributed by atoms with Crippen LogP contribution in [0.1, 0.15) is 67.4 Å². The predicted octanol–water partition coefficient (Wildman–Crippen LogP) is 5.67. The van der Waals surface area contributed by atoms with E-state index < -0.39 is 11.9 Å². The fourth-order valence-electron chi connectivity index (χ4n) is 6.15. The van der Waals surface area contributed by atoms with Gasteiger partial charge in [-0.25, -0.2) is 4.98 Å². The van der Waals surface area contributed by atoms with E-state index in [-0.39, 0.29) is 24.3 Å². The first-order chi connectivity index (χ1) is 19.4. The first-order valence-corrected chi connectivity index (χ1v) is 15.1. The lowest BCUT2D eigenvalue weighted by Crippen LogP contribution is -2.39. The fourth-order valence-corrected chi connectivity index (χ4v) is 7.05. The van der Waals surface area contributed by atoms with Gasteiger partial charge in [-0.05, 0) is 36.8 Å². The molecule has 1 aromatic carbocycles. The van der Waals surface area contributed by atoms with Crippen LogP contribution in [0.3, 0.4) is 0 Å². The Morgan fingerprint density at radius 3 is 2.60 bits per heavy atom. The molecule has 2 fully saturated rings. The van der Waals surface area contributed by atoms with Gasteiger partial charge in [0.05, 0.1) is 23.4 Å². The van der Waals surface area contributed by atoms with Gasteiger partial charge >= 0.3 is 5.97 Å². The third-order valence-corrected chi connectivity index (χ3v) is 9.30. The summed E-state index contributed by atoms with van der Waals surface area (Å²) < 4.78 is 0. The number of nitrogens with zero attached hydrogens (tertiary/aromatic N) is 4. The third kappa shape index (κ3) is 5.39. The quantitative estimate of drug-likeness (QED) is 0.363. The molecule has 3 heterocycles. The maximum Gasteiger partial charge on any atom is 0.304 e. The first-order valence-electron chi connectivity index (χ1n) is 14.2. The minimum atomic E-state index is -0.927. The molecule has 2 aromatic heterocycles. The summed E-state index contributed by atoms with van der Waals surface area (Å²) in [7, 11) is 1.81. The lowest BCUT2D eigenvalue weighted by atomic mass is 9.90. The molecule has 0 radical (unpaired) electrons. The second kappa shape index (κ2) is 11.1. The van der Waals surface area contributed by atoms with Crippen molar-refractivity contribution in [3.63, 3.8) is 0 Å². The van der Waals surface area contributed by atoms with Crippen molar-refractivity contribution >= 4 is 34.3 Å². The summed E-state index contributed by atoms with van der Waals surface area (Å²) in [5.41, 5.74) is 4.88. The average Bonchev–Trinajstić information content (AvgIpc) is 3.42. The number of anilines is 1. The predicted molar refractivity (Wildman–Crippen MR) is 154 cm³/mol. The van der Waals surface area contributed by atoms with Crippen LogP contribution < -0.4 is 4.90 Å². The number of hydrogen-bond donors (Lipinski definition) is 1. The maximum absolute atomic E-state index is 13.9. The highest BCUT2D eigenvalue weighted by Gasteiger charge is 2.40. The first kappa shape index (κ1) is 26.6. The van der Waals surface area contributed by atoms with Gasteiger partial charge in [0.2, 0.25) is 5.91 Å². The second-order valence-corrected chi connectivity index (χ2v) is 12.2. The molecule has 2 saturated carbocycles. The van der Waals surface area contributed by atoms with E-state index in [0.29, 0.717) is 29.6 Å². The van der Waals surface area contributed by atoms with E-state index in [1.54, 1.807) is 9.80 Å². The van der Waals surface area contributed by atoms with Crippen LogP contribution in [0, 0.1) is 11.8 Å². The number of aliphatic carboxylic acids is 1. The van der Waals surface area contributed by atoms with Gasteiger partial charge in [-0.15, -0.1) is 11.3 Å². The third-order valence-electron chi connectivity index (χ3n) is 8.46. The van der Waals surface area contributed by atoms with Crippen molar-refractivity contribution in [2.45, 2.75) is 63.8 Å². The molecular weight excluding hydrogens is 524 g/mol. The molecule has 2 amide bonds. The molecule has 8 nitrogen and oxygen atoms in total. The van der Waals surface area contributed by atoms with Crippen LogP contribution >= 0.6 is 11.3 Å². The van der Waals surface area contributed by atoms with Crippen LogP contribution in [0.5, 0.6) is 0 Å². The molecular formula is C31H34N4O4S. The molecule has 1 aliphatic heterocycles. The Bertz CT molecular complexity index is 1440. The van der Waals surface area contributed by atoms with E-state index >= 15 is 0 Å². The van der Waals surface area contributed by atoms with Crippen LogP contribution in [0.4, 0.5) is 5.13 Å². The molecule has 2 aliphatic carbocycles. The number of thiazole rings is 1. The number of pyridine rings is 1. The van der Waals surface area contributed by atoms with Gasteiger partial charge in [-0.2, -0.15) is 0 Å². The van der Waals surface area contributed by atoms with E-state index in [1.807, 2.05) is 49.0 Å². The van der Waals surface area contributed by atoms with Gasteiger partial charge < -0.3 is 10.0 Å². The summed E-state index contributed by atoms with van der Waals surface area (Å²) in [6, 6.07) is 9.91. The van der Waals surface area contributed by atoms with Gasteiger partial charge in [-0.3, -0.25) is 24.3 Å². The maximum atomic E-state index is 13.9. The van der Waals surface area contributed by atoms with Gasteiger partial charge in [-0.1, -0.05) is 49.9 Å². The van der Waals surface area contributed by atoms with Crippen LogP contribution in [0.25, 0.3) is 22.4 Å². The van der Waals surface area contributed by atoms with E-state index in [2.05, 4.69) is 4.98 Å². The summed E-state index contributed by atoms with van der Waals surface area (Å²) in [5, 5.41) is 12.2. The molecule has 208 valence electrons. The number of rotatable bonds is 9. The molecule has 1 atom stereocenters. The zero-order valence-electron chi connectivity index (χ0n) is 22.7. The lowest BCUT2D eigenvalue weighted by molar-refractivity contribution is -0.141. The Kier molecular flexibility index (Phi) is 7.40. The van der Waals surface area contributed by atoms with Crippen molar-refractivity contribution in [2.75, 3.05) is 18.5 Å². The molecule has 1 N–H and O–H groups in total. The molecule has 3 aliphatic rings. The largest absolute Gasteiger partial charge is 0.481 e. The molecule has 0 spiro atoms. The Balaban J connectivity index is 1.30. The molecule has 0 unspecified atom stereocenters. The Hall–Kier alpha value is -3.59. The van der Waals surface area contributed by atoms with Crippen LogP contribution in [-0.2, 0) is 16.0 Å². The monoisotopic (exact) mass is 558 g/mol. The average molecular weight is 559 g/mol. The fraction of sp³-hybridized carbons (Fsp3) is 0.452. The second-order valence-electron chi connectivity index (χ2n) is 11.4. The summed E-state index contributed by atoms with van der Waals surface area (Å²) in [6.45, 7) is 0.667. The van der Waals surface area contributed by atoms with Gasteiger partial charge in [0.15, 0.2) is 5.13 Å². The van der Waals surface area contributed by atoms with E-state index in [4.69, 9.17) is 4.98 Å².